The minimum atomic E-state index is -1.13. The summed E-state index contributed by atoms with van der Waals surface area (Å²) in [5.41, 5.74) is 0.195. The van der Waals surface area contributed by atoms with E-state index in [-0.39, 0.29) is 11.3 Å². The van der Waals surface area contributed by atoms with Crippen molar-refractivity contribution in [2.45, 2.75) is 13.0 Å². The summed E-state index contributed by atoms with van der Waals surface area (Å²) < 4.78 is 0.614. The van der Waals surface area contributed by atoms with Crippen molar-refractivity contribution in [3.05, 3.63) is 28.2 Å². The van der Waals surface area contributed by atoms with E-state index in [2.05, 4.69) is 32.5 Å². The summed E-state index contributed by atoms with van der Waals surface area (Å²) in [7, 11) is 0. The minimum Gasteiger partial charge on any atom is -0.478 e. The highest BCUT2D eigenvalue weighted by Gasteiger charge is 2.13. The number of nitrogens with one attached hydrogen (secondary N) is 2. The lowest BCUT2D eigenvalue weighted by Gasteiger charge is -2.11. The average molecular weight is 311 g/mol. The number of carbonyl (C=O) groups excluding carboxylic acids is 1. The first kappa shape index (κ1) is 14.1. The molecule has 0 bridgehead atoms. The van der Waals surface area contributed by atoms with Gasteiger partial charge in [0.05, 0.1) is 17.3 Å². The number of carboxylic acids is 1. The molecular weight excluding hydrogens is 300 g/mol. The highest BCUT2D eigenvalue weighted by atomic mass is 79.9. The molecule has 1 aromatic rings. The molecule has 0 heterocycles. The SMILES string of the molecule is C#CC(C)NC(=O)Nc1ccc(Br)cc1C(=O)O. The Balaban J connectivity index is 2.88. The Bertz CT molecular complexity index is 523. The second-order valence-electron chi connectivity index (χ2n) is 3.48. The van der Waals surface area contributed by atoms with Gasteiger partial charge in [0.1, 0.15) is 0 Å². The van der Waals surface area contributed by atoms with Crippen LogP contribution in [0.4, 0.5) is 10.5 Å². The van der Waals surface area contributed by atoms with Crippen molar-refractivity contribution >= 4 is 33.6 Å². The first-order valence-corrected chi connectivity index (χ1v) is 5.80. The van der Waals surface area contributed by atoms with E-state index in [0.717, 1.165) is 0 Å². The fraction of sp³-hybridized carbons (Fsp3) is 0.167. The molecule has 0 aliphatic carbocycles. The summed E-state index contributed by atoms with van der Waals surface area (Å²) in [5, 5.41) is 13.9. The molecule has 0 saturated heterocycles. The van der Waals surface area contributed by atoms with Crippen molar-refractivity contribution in [1.29, 1.82) is 0 Å². The first-order valence-electron chi connectivity index (χ1n) is 5.00. The molecule has 0 radical (unpaired) electrons. The summed E-state index contributed by atoms with van der Waals surface area (Å²) in [6, 6.07) is 3.54. The molecule has 0 aliphatic heterocycles. The van der Waals surface area contributed by atoms with Crippen molar-refractivity contribution in [3.8, 4) is 12.3 Å². The van der Waals surface area contributed by atoms with E-state index in [0.29, 0.717) is 4.47 Å². The lowest BCUT2D eigenvalue weighted by Crippen LogP contribution is -2.35. The maximum Gasteiger partial charge on any atom is 0.337 e. The van der Waals surface area contributed by atoms with Crippen LogP contribution >= 0.6 is 15.9 Å². The third-order valence-corrected chi connectivity index (χ3v) is 2.55. The smallest absolute Gasteiger partial charge is 0.337 e. The quantitative estimate of drug-likeness (QED) is 0.749. The van der Waals surface area contributed by atoms with E-state index in [4.69, 9.17) is 11.5 Å². The fourth-order valence-corrected chi connectivity index (χ4v) is 1.56. The van der Waals surface area contributed by atoms with Crippen LogP contribution in [0.2, 0.25) is 0 Å². The molecule has 3 N–H and O–H groups in total. The molecule has 0 saturated carbocycles. The molecule has 0 aromatic heterocycles. The molecule has 0 aliphatic rings. The van der Waals surface area contributed by atoms with Gasteiger partial charge in [-0.1, -0.05) is 21.9 Å². The predicted octanol–water partition coefficient (Wildman–Crippen LogP) is 2.29. The van der Waals surface area contributed by atoms with E-state index in [1.54, 1.807) is 13.0 Å². The molecule has 94 valence electrons. The molecule has 0 spiro atoms. The zero-order valence-electron chi connectivity index (χ0n) is 9.53. The molecule has 1 atom stereocenters. The lowest BCUT2D eigenvalue weighted by atomic mass is 10.2. The zero-order chi connectivity index (χ0) is 13.7. The Morgan fingerprint density at radius 1 is 1.50 bits per heavy atom. The van der Waals surface area contributed by atoms with Crippen LogP contribution in [0.15, 0.2) is 22.7 Å². The predicted molar refractivity (Wildman–Crippen MR) is 71.6 cm³/mol. The first-order chi connectivity index (χ1) is 8.43. The third kappa shape index (κ3) is 3.79. The molecule has 5 nitrogen and oxygen atoms in total. The van der Waals surface area contributed by atoms with E-state index in [1.165, 1.54) is 12.1 Å². The Hall–Kier alpha value is -2.00. The number of hydrogen-bond donors (Lipinski definition) is 3. The standard InChI is InChI=1S/C12H11BrN2O3/c1-3-7(2)14-12(18)15-10-5-4-8(13)6-9(10)11(16)17/h1,4-7H,2H3,(H,16,17)(H2,14,15,18). The Labute approximate surface area is 113 Å². The number of urea groups is 1. The van der Waals surface area contributed by atoms with Gasteiger partial charge in [-0.3, -0.25) is 0 Å². The van der Waals surface area contributed by atoms with Gasteiger partial charge in [0, 0.05) is 4.47 Å². The highest BCUT2D eigenvalue weighted by molar-refractivity contribution is 9.10. The summed E-state index contributed by atoms with van der Waals surface area (Å²) in [6.07, 6.45) is 5.12. The van der Waals surface area contributed by atoms with Crippen LogP contribution in [0.1, 0.15) is 17.3 Å². The lowest BCUT2D eigenvalue weighted by molar-refractivity contribution is 0.0698. The van der Waals surface area contributed by atoms with Gasteiger partial charge in [-0.25, -0.2) is 9.59 Å². The summed E-state index contributed by atoms with van der Waals surface area (Å²) in [5.74, 6) is 1.20. The van der Waals surface area contributed by atoms with Crippen molar-refractivity contribution in [3.63, 3.8) is 0 Å². The topological polar surface area (TPSA) is 78.4 Å². The number of amides is 2. The normalized spacial score (nSPS) is 11.2. The number of carbonyl (C=O) groups is 2. The number of hydrogen-bond acceptors (Lipinski definition) is 2. The van der Waals surface area contributed by atoms with Crippen LogP contribution in [0.5, 0.6) is 0 Å². The van der Waals surface area contributed by atoms with Crippen LogP contribution in [-0.4, -0.2) is 23.1 Å². The highest BCUT2D eigenvalue weighted by Crippen LogP contribution is 2.21. The van der Waals surface area contributed by atoms with Gasteiger partial charge in [0.15, 0.2) is 0 Å². The van der Waals surface area contributed by atoms with Crippen LogP contribution < -0.4 is 10.6 Å². The van der Waals surface area contributed by atoms with Crippen LogP contribution in [0.25, 0.3) is 0 Å². The summed E-state index contributed by atoms with van der Waals surface area (Å²) in [4.78, 5) is 22.5. The number of halogens is 1. The number of anilines is 1. The fourth-order valence-electron chi connectivity index (χ4n) is 1.20. The molecule has 2 amide bonds. The van der Waals surface area contributed by atoms with Crippen LogP contribution in [-0.2, 0) is 0 Å². The summed E-state index contributed by atoms with van der Waals surface area (Å²) >= 11 is 3.16. The molecule has 6 heteroatoms. The zero-order valence-corrected chi connectivity index (χ0v) is 11.1. The molecule has 1 aromatic carbocycles. The van der Waals surface area contributed by atoms with Gasteiger partial charge in [-0.05, 0) is 25.1 Å². The Kier molecular flexibility index (Phi) is 4.75. The third-order valence-electron chi connectivity index (χ3n) is 2.06. The van der Waals surface area contributed by atoms with E-state index in [1.807, 2.05) is 0 Å². The van der Waals surface area contributed by atoms with Gasteiger partial charge in [-0.15, -0.1) is 6.42 Å². The van der Waals surface area contributed by atoms with Crippen LogP contribution in [0, 0.1) is 12.3 Å². The largest absolute Gasteiger partial charge is 0.478 e. The molecule has 1 unspecified atom stereocenters. The average Bonchev–Trinajstić information content (AvgIpc) is 2.30. The number of benzene rings is 1. The second kappa shape index (κ2) is 6.07. The van der Waals surface area contributed by atoms with Gasteiger partial charge in [-0.2, -0.15) is 0 Å². The van der Waals surface area contributed by atoms with Gasteiger partial charge in [0.2, 0.25) is 0 Å². The van der Waals surface area contributed by atoms with E-state index < -0.39 is 18.0 Å². The molecule has 0 fully saturated rings. The van der Waals surface area contributed by atoms with E-state index >= 15 is 0 Å². The monoisotopic (exact) mass is 310 g/mol. The maximum absolute atomic E-state index is 11.5. The van der Waals surface area contributed by atoms with Gasteiger partial charge in [0.25, 0.3) is 0 Å². The van der Waals surface area contributed by atoms with Gasteiger partial charge < -0.3 is 15.7 Å². The number of terminal acetylenes is 1. The number of carboxylic acid groups (broad SMARTS) is 1. The van der Waals surface area contributed by atoms with Crippen molar-refractivity contribution in [2.75, 3.05) is 5.32 Å². The maximum atomic E-state index is 11.5. The Morgan fingerprint density at radius 2 is 2.17 bits per heavy atom. The number of rotatable bonds is 3. The Morgan fingerprint density at radius 3 is 2.72 bits per heavy atom. The second-order valence-corrected chi connectivity index (χ2v) is 4.40. The molecular formula is C12H11BrN2O3. The van der Waals surface area contributed by atoms with Crippen molar-refractivity contribution in [2.24, 2.45) is 0 Å². The minimum absolute atomic E-state index is 0.00659. The van der Waals surface area contributed by atoms with Gasteiger partial charge >= 0.3 is 12.0 Å². The van der Waals surface area contributed by atoms with Crippen LogP contribution in [0.3, 0.4) is 0 Å². The number of aromatic carboxylic acids is 1. The van der Waals surface area contributed by atoms with Crippen molar-refractivity contribution < 1.29 is 14.7 Å². The summed E-state index contributed by atoms with van der Waals surface area (Å²) in [6.45, 7) is 1.64. The molecule has 18 heavy (non-hydrogen) atoms. The van der Waals surface area contributed by atoms with Crippen molar-refractivity contribution in [1.82, 2.24) is 5.32 Å². The molecule has 1 rings (SSSR count). The van der Waals surface area contributed by atoms with E-state index in [9.17, 15) is 9.59 Å².